The fourth-order valence-corrected chi connectivity index (χ4v) is 9.89. The van der Waals surface area contributed by atoms with Crippen LogP contribution in [0.3, 0.4) is 0 Å². The van der Waals surface area contributed by atoms with E-state index >= 15 is 0 Å². The number of nitrogens with one attached hydrogen (secondary N) is 1. The molecule has 0 radical (unpaired) electrons. The number of hydrogen-bond donors (Lipinski definition) is 3. The molecule has 4 amide bonds. The number of para-hydroxylation sites is 1. The van der Waals surface area contributed by atoms with Crippen LogP contribution in [0.2, 0.25) is 0 Å². The lowest BCUT2D eigenvalue weighted by molar-refractivity contribution is -0.177. The Morgan fingerprint density at radius 1 is 0.900 bits per heavy atom. The molecule has 3 fully saturated rings. The van der Waals surface area contributed by atoms with Gasteiger partial charge in [-0.1, -0.05) is 18.2 Å². The number of quaternary nitrogens is 1. The van der Waals surface area contributed by atoms with Crippen LogP contribution >= 0.6 is 31.9 Å². The Labute approximate surface area is 309 Å². The average Bonchev–Trinajstić information content (AvgIpc) is 3.27. The van der Waals surface area contributed by atoms with Crippen molar-refractivity contribution < 1.29 is 37.8 Å². The minimum Gasteiger partial charge on any atom is -0.506 e. The van der Waals surface area contributed by atoms with Gasteiger partial charge < -0.3 is 29.9 Å². The smallest absolute Gasteiger partial charge is 0.410 e. The number of carbonyl (C=O) groups is 3. The molecule has 4 aliphatic heterocycles. The molecular weight excluding hydrogens is 796 g/mol. The molecule has 50 heavy (non-hydrogen) atoms. The number of phenols is 1. The molecule has 16 heteroatoms. The summed E-state index contributed by atoms with van der Waals surface area (Å²) in [7, 11) is -3.43. The van der Waals surface area contributed by atoms with Crippen molar-refractivity contribution in [1.29, 1.82) is 0 Å². The summed E-state index contributed by atoms with van der Waals surface area (Å²) < 4.78 is 32.1. The Morgan fingerprint density at radius 2 is 1.48 bits per heavy atom. The van der Waals surface area contributed by atoms with Crippen LogP contribution in [0.25, 0.3) is 0 Å². The maximum Gasteiger partial charge on any atom is 0.410 e. The second-order valence-corrected chi connectivity index (χ2v) is 17.1. The number of halogens is 2. The molecule has 1 atom stereocenters. The number of hydrogen-bond acceptors (Lipinski definition) is 7. The molecule has 6 rings (SSSR count). The normalized spacial score (nSPS) is 20.9. The van der Waals surface area contributed by atoms with E-state index in [-0.39, 0.29) is 30.2 Å². The first kappa shape index (κ1) is 36.9. The van der Waals surface area contributed by atoms with Crippen LogP contribution in [0.4, 0.5) is 15.3 Å². The molecular formula is C34H45Br2N6O7S+. The summed E-state index contributed by atoms with van der Waals surface area (Å²) in [6.07, 6.45) is 3.61. The number of amides is 4. The second kappa shape index (κ2) is 15.8. The molecule has 13 nitrogen and oxygen atoms in total. The van der Waals surface area contributed by atoms with Gasteiger partial charge >= 0.3 is 22.3 Å². The molecule has 0 saturated carbocycles. The third-order valence-corrected chi connectivity index (χ3v) is 13.1. The van der Waals surface area contributed by atoms with Crippen LogP contribution in [-0.4, -0.2) is 109 Å². The van der Waals surface area contributed by atoms with Gasteiger partial charge in [0.05, 0.1) is 8.95 Å². The van der Waals surface area contributed by atoms with Crippen molar-refractivity contribution >= 4 is 65.8 Å². The highest BCUT2D eigenvalue weighted by atomic mass is 79.9. The first-order valence-electron chi connectivity index (χ1n) is 17.3. The maximum atomic E-state index is 14.0. The Balaban J connectivity index is 1.07. The van der Waals surface area contributed by atoms with Crippen molar-refractivity contribution in [3.8, 4) is 5.75 Å². The van der Waals surface area contributed by atoms with E-state index in [1.54, 1.807) is 21.9 Å². The van der Waals surface area contributed by atoms with Gasteiger partial charge in [0.2, 0.25) is 0 Å². The third-order valence-electron chi connectivity index (χ3n) is 10.7. The fourth-order valence-electron chi connectivity index (χ4n) is 7.84. The van der Waals surface area contributed by atoms with E-state index in [1.807, 2.05) is 29.2 Å². The molecule has 0 aromatic heterocycles. The van der Waals surface area contributed by atoms with Crippen molar-refractivity contribution in [2.24, 2.45) is 11.8 Å². The summed E-state index contributed by atoms with van der Waals surface area (Å²) in [6.45, 7) is 3.40. The van der Waals surface area contributed by atoms with Crippen LogP contribution in [0.1, 0.15) is 49.7 Å². The predicted molar refractivity (Wildman–Crippen MR) is 193 cm³/mol. The number of piperidine rings is 3. The summed E-state index contributed by atoms with van der Waals surface area (Å²) in [6, 6.07) is 11.1. The summed E-state index contributed by atoms with van der Waals surface area (Å²) in [5.41, 5.74) is 2.65. The predicted octanol–water partition coefficient (Wildman–Crippen LogP) is 3.96. The van der Waals surface area contributed by atoms with E-state index in [0.29, 0.717) is 85.0 Å². The second-order valence-electron chi connectivity index (χ2n) is 13.7. The van der Waals surface area contributed by atoms with Crippen LogP contribution in [-0.2, 0) is 32.6 Å². The molecule has 1 unspecified atom stereocenters. The van der Waals surface area contributed by atoms with Gasteiger partial charge in [-0.2, -0.15) is 12.7 Å². The third kappa shape index (κ3) is 8.57. The largest absolute Gasteiger partial charge is 0.506 e. The Kier molecular flexibility index (Phi) is 11.6. The van der Waals surface area contributed by atoms with E-state index in [4.69, 9.17) is 4.74 Å². The molecule has 2 aromatic carbocycles. The zero-order valence-electron chi connectivity index (χ0n) is 27.9. The zero-order valence-corrected chi connectivity index (χ0v) is 31.9. The van der Waals surface area contributed by atoms with Gasteiger partial charge in [0.1, 0.15) is 5.75 Å². The first-order valence-corrected chi connectivity index (χ1v) is 20.5. The summed E-state index contributed by atoms with van der Waals surface area (Å²) in [5.74, 6) is 0.564. The molecule has 0 spiro atoms. The molecule has 0 bridgehead atoms. The van der Waals surface area contributed by atoms with Gasteiger partial charge in [-0.25, -0.2) is 14.7 Å². The quantitative estimate of drug-likeness (QED) is 0.380. The topological polar surface area (TPSA) is 167 Å². The average molecular weight is 842 g/mol. The maximum absolute atomic E-state index is 14.0. The number of nitrogens with zero attached hydrogens (tertiary/aromatic N) is 4. The Morgan fingerprint density at radius 3 is 2.10 bits per heavy atom. The van der Waals surface area contributed by atoms with Crippen LogP contribution < -0.4 is 10.5 Å². The minimum absolute atomic E-state index is 0.0194. The van der Waals surface area contributed by atoms with Gasteiger partial charge in [0.15, 0.2) is 6.10 Å². The number of likely N-dealkylation sites (tertiary alicyclic amines) is 2. The molecule has 3 saturated heterocycles. The highest BCUT2D eigenvalue weighted by molar-refractivity contribution is 9.11. The number of benzene rings is 2. The van der Waals surface area contributed by atoms with E-state index in [9.17, 15) is 27.9 Å². The SMILES string of the molecule is [NH3+]S(=O)(=O)N1CCC(C2CCN(C(=O)C(Cc3cc(Br)c(O)c(Br)c3)OC(=O)N3CCC(N4CCc5ccccc5NC4=O)CC3)CC2)CC1. The fraction of sp³-hybridized carbons (Fsp3) is 0.559. The van der Waals surface area contributed by atoms with E-state index in [1.165, 1.54) is 4.31 Å². The Hall–Kier alpha value is -2.92. The van der Waals surface area contributed by atoms with Gasteiger partial charge in [-0.05, 0) is 118 Å². The van der Waals surface area contributed by atoms with Gasteiger partial charge in [-0.3, -0.25) is 4.79 Å². The van der Waals surface area contributed by atoms with Crippen molar-refractivity contribution in [1.82, 2.24) is 19.0 Å². The number of aromatic hydroxyl groups is 1. The van der Waals surface area contributed by atoms with Crippen molar-refractivity contribution in [2.45, 2.75) is 63.5 Å². The molecule has 272 valence electrons. The number of carbonyl (C=O) groups excluding carboxylic acids is 3. The highest BCUT2D eigenvalue weighted by Gasteiger charge is 2.38. The summed E-state index contributed by atoms with van der Waals surface area (Å²) in [5, 5.41) is 16.6. The van der Waals surface area contributed by atoms with Crippen LogP contribution in [0.15, 0.2) is 45.3 Å². The molecule has 5 N–H and O–H groups in total. The van der Waals surface area contributed by atoms with Crippen LogP contribution in [0, 0.1) is 11.8 Å². The zero-order chi connectivity index (χ0) is 35.6. The lowest BCUT2D eigenvalue weighted by Gasteiger charge is -2.40. The van der Waals surface area contributed by atoms with Gasteiger partial charge in [-0.15, -0.1) is 0 Å². The number of phenolic OH excluding ortho intramolecular Hbond substituents is 1. The van der Waals surface area contributed by atoms with Gasteiger partial charge in [0.25, 0.3) is 5.91 Å². The number of fused-ring (bicyclic) bond motifs is 1. The van der Waals surface area contributed by atoms with E-state index in [0.717, 1.165) is 43.4 Å². The number of ether oxygens (including phenoxy) is 1. The number of rotatable bonds is 7. The summed E-state index contributed by atoms with van der Waals surface area (Å²) >= 11 is 6.73. The lowest BCUT2D eigenvalue weighted by atomic mass is 9.79. The Bertz CT molecular complexity index is 1670. The van der Waals surface area contributed by atoms with Crippen molar-refractivity contribution in [2.75, 3.05) is 51.1 Å². The molecule has 4 aliphatic rings. The minimum atomic E-state index is -3.43. The van der Waals surface area contributed by atoms with E-state index < -0.39 is 22.4 Å². The monoisotopic (exact) mass is 839 g/mol. The van der Waals surface area contributed by atoms with Gasteiger partial charge in [0, 0.05) is 64.0 Å². The molecule has 2 aromatic rings. The van der Waals surface area contributed by atoms with Crippen LogP contribution in [0.5, 0.6) is 5.75 Å². The number of anilines is 1. The molecule has 0 aliphatic carbocycles. The standard InChI is InChI=1S/C34H44Br2N6O7S/c35-27-19-22(20-28(36)31(27)43)21-30(32(44)39-12-5-23(6-13-39)24-7-16-41(17-8-24)50(37,47)48)49-34(46)40-14-10-26(11-15-40)42-18-9-25-3-1-2-4-29(25)38-33(42)45/h1-4,19-20,23-24,26,30,43H,5-18,21H2,(H,38,45)(H2,37,47,48)/p+1. The summed E-state index contributed by atoms with van der Waals surface area (Å²) in [4.78, 5) is 46.0. The number of urea groups is 1. The lowest BCUT2D eigenvalue weighted by Crippen LogP contribution is -2.65. The van der Waals surface area contributed by atoms with E-state index in [2.05, 4.69) is 42.3 Å². The molecule has 4 heterocycles. The highest BCUT2D eigenvalue weighted by Crippen LogP contribution is 2.35. The van der Waals surface area contributed by atoms with Crippen molar-refractivity contribution in [3.05, 3.63) is 56.5 Å². The first-order chi connectivity index (χ1) is 23.9. The van der Waals surface area contributed by atoms with Crippen molar-refractivity contribution in [3.63, 3.8) is 0 Å².